The van der Waals surface area contributed by atoms with Crippen LogP contribution in [0.1, 0.15) is 101 Å². The van der Waals surface area contributed by atoms with Gasteiger partial charge in [0, 0.05) is 91.1 Å². The van der Waals surface area contributed by atoms with Gasteiger partial charge in [-0.05, 0) is 86.1 Å². The van der Waals surface area contributed by atoms with Crippen LogP contribution in [0.2, 0.25) is 0 Å². The molecule has 2 saturated heterocycles. The molecule has 0 saturated carbocycles. The van der Waals surface area contributed by atoms with Crippen LogP contribution >= 0.6 is 0 Å². The Morgan fingerprint density at radius 1 is 1.04 bits per heavy atom. The van der Waals surface area contributed by atoms with Crippen LogP contribution < -0.4 is 20.7 Å². The Balaban J connectivity index is 1.27. The van der Waals surface area contributed by atoms with Crippen LogP contribution in [0.15, 0.2) is 48.6 Å². The average molecular weight is 927 g/mol. The molecule has 5 aliphatic rings. The van der Waals surface area contributed by atoms with Crippen LogP contribution in [0.5, 0.6) is 5.75 Å². The highest BCUT2D eigenvalue weighted by Crippen LogP contribution is 2.57. The van der Waals surface area contributed by atoms with Crippen LogP contribution in [0, 0.1) is 16.7 Å². The fourth-order valence-corrected chi connectivity index (χ4v) is 12.7. The number of fused-ring (bicyclic) bond motifs is 7. The molecule has 6 heterocycles. The van der Waals surface area contributed by atoms with Crippen LogP contribution in [0.4, 0.5) is 5.69 Å². The maximum absolute atomic E-state index is 15.4. The molecule has 1 amide bonds. The number of hydrogen-bond donors (Lipinski definition) is 6. The van der Waals surface area contributed by atoms with Crippen molar-refractivity contribution in [1.82, 2.24) is 20.1 Å². The summed E-state index contributed by atoms with van der Waals surface area (Å²) in [6.45, 7) is 12.7. The first-order valence-electron chi connectivity index (χ1n) is 24.4. The van der Waals surface area contributed by atoms with Crippen molar-refractivity contribution in [3.63, 3.8) is 0 Å². The van der Waals surface area contributed by atoms with Crippen molar-refractivity contribution in [2.75, 3.05) is 78.6 Å². The van der Waals surface area contributed by atoms with Crippen molar-refractivity contribution in [2.45, 2.75) is 120 Å². The van der Waals surface area contributed by atoms with E-state index in [2.05, 4.69) is 32.2 Å². The molecule has 0 spiro atoms. The SMILES string of the molecule is CCC1(O)CC2CN(CCc3c([nH]c4ccccc34)C(C(=O)OC)(c3cc4c(cc3OC)N(C)CC(O)(C(=O)NCCCOC(=O)C(N)C(C)(C)C)C(O)C3(CC)C=CCN5CCC4C53)C2)C1. The molecule has 7 N–H and O–H groups in total. The average Bonchev–Trinajstić information content (AvgIpc) is 3.93. The predicted octanol–water partition coefficient (Wildman–Crippen LogP) is 4.13. The normalized spacial score (nSPS) is 32.2. The van der Waals surface area contributed by atoms with Gasteiger partial charge in [0.25, 0.3) is 5.91 Å². The minimum atomic E-state index is -2.31. The number of nitrogens with zero attached hydrogens (tertiary/aromatic N) is 3. The summed E-state index contributed by atoms with van der Waals surface area (Å²) in [4.78, 5) is 52.8. The van der Waals surface area contributed by atoms with E-state index in [0.717, 1.165) is 34.1 Å². The van der Waals surface area contributed by atoms with Gasteiger partial charge in [0.2, 0.25) is 0 Å². The van der Waals surface area contributed by atoms with Gasteiger partial charge in [-0.3, -0.25) is 24.2 Å². The number of β-amino-alcohol motifs (C(OH)–C–C–N with tert-alkyl or cyclic N) is 1. The van der Waals surface area contributed by atoms with Gasteiger partial charge in [0.1, 0.15) is 23.3 Å². The number of rotatable bonds is 11. The van der Waals surface area contributed by atoms with E-state index < -0.39 is 57.4 Å². The van der Waals surface area contributed by atoms with Gasteiger partial charge in [-0.25, -0.2) is 0 Å². The number of nitrogens with two attached hydrogens (primary N) is 1. The van der Waals surface area contributed by atoms with E-state index in [1.54, 1.807) is 7.11 Å². The zero-order valence-electron chi connectivity index (χ0n) is 40.8. The molecule has 10 unspecified atom stereocenters. The highest BCUT2D eigenvalue weighted by Gasteiger charge is 2.62. The van der Waals surface area contributed by atoms with Crippen molar-refractivity contribution in [2.24, 2.45) is 22.5 Å². The molecular formula is C52H74N6O9. The number of anilines is 1. The lowest BCUT2D eigenvalue weighted by Crippen LogP contribution is -2.68. The summed E-state index contributed by atoms with van der Waals surface area (Å²) >= 11 is 0. The summed E-state index contributed by atoms with van der Waals surface area (Å²) in [5.41, 5.74) is 4.87. The summed E-state index contributed by atoms with van der Waals surface area (Å²) in [5, 5.41) is 41.7. The summed E-state index contributed by atoms with van der Waals surface area (Å²) in [6.07, 6.45) is 6.01. The number of carbonyl (C=O) groups excluding carboxylic acids is 3. The second kappa shape index (κ2) is 18.4. The summed E-state index contributed by atoms with van der Waals surface area (Å²) in [6, 6.07) is 11.1. The third-order valence-electron chi connectivity index (χ3n) is 16.3. The van der Waals surface area contributed by atoms with Crippen molar-refractivity contribution in [3.8, 4) is 5.75 Å². The van der Waals surface area contributed by atoms with Gasteiger partial charge >= 0.3 is 11.9 Å². The lowest BCUT2D eigenvalue weighted by Gasteiger charge is -2.51. The lowest BCUT2D eigenvalue weighted by molar-refractivity contribution is -0.168. The molecule has 2 bridgehead atoms. The van der Waals surface area contributed by atoms with Gasteiger partial charge in [-0.2, -0.15) is 0 Å². The Morgan fingerprint density at radius 2 is 1.81 bits per heavy atom. The number of amides is 1. The number of H-pyrrole nitrogens is 1. The number of ether oxygens (including phenoxy) is 3. The molecule has 15 heteroatoms. The van der Waals surface area contributed by atoms with Gasteiger partial charge in [0.15, 0.2) is 5.60 Å². The van der Waals surface area contributed by atoms with Gasteiger partial charge in [0.05, 0.1) is 33.0 Å². The number of methoxy groups -OCH3 is 2. The lowest BCUT2D eigenvalue weighted by atomic mass is 9.62. The molecular weight excluding hydrogens is 853 g/mol. The number of aliphatic hydroxyl groups excluding tert-OH is 1. The molecule has 2 aromatic carbocycles. The Morgan fingerprint density at radius 3 is 2.51 bits per heavy atom. The maximum Gasteiger partial charge on any atom is 0.323 e. The largest absolute Gasteiger partial charge is 0.496 e. The fraction of sp³-hybridized carbons (Fsp3) is 0.635. The number of hydrogen-bond acceptors (Lipinski definition) is 13. The number of aromatic nitrogens is 1. The van der Waals surface area contributed by atoms with E-state index >= 15 is 4.79 Å². The number of para-hydroxylation sites is 1. The van der Waals surface area contributed by atoms with E-state index in [1.165, 1.54) is 7.11 Å². The Labute approximate surface area is 395 Å². The smallest absolute Gasteiger partial charge is 0.323 e. The van der Waals surface area contributed by atoms with Gasteiger partial charge < -0.3 is 50.5 Å². The number of nitrogens with one attached hydrogen (secondary N) is 2. The molecule has 1 aromatic heterocycles. The second-order valence-corrected chi connectivity index (χ2v) is 21.4. The first-order valence-corrected chi connectivity index (χ1v) is 24.4. The number of aliphatic hydroxyl groups is 3. The van der Waals surface area contributed by atoms with Crippen molar-refractivity contribution in [3.05, 3.63) is 70.9 Å². The van der Waals surface area contributed by atoms with E-state index in [0.29, 0.717) is 81.8 Å². The zero-order chi connectivity index (χ0) is 48.3. The van der Waals surface area contributed by atoms with Crippen molar-refractivity contribution in [1.29, 1.82) is 0 Å². The van der Waals surface area contributed by atoms with E-state index in [9.17, 15) is 24.9 Å². The predicted molar refractivity (Wildman–Crippen MR) is 257 cm³/mol. The Bertz CT molecular complexity index is 2380. The maximum atomic E-state index is 15.4. The first kappa shape index (κ1) is 48.9. The van der Waals surface area contributed by atoms with Crippen molar-refractivity contribution >= 4 is 34.4 Å². The minimum absolute atomic E-state index is 0.0190. The number of carbonyl (C=O) groups is 3. The standard InChI is InChI=1S/C52H74N6O9/c1-9-49(63)27-32-28-51(47(62)66-8,42-34(17-22-57(29-32)30-49)33-15-11-12-16-38(33)55-42)37-25-36-35-18-23-58-21-13-19-50(10-2,43(35)58)45(60)52(64,31-56(6)39(36)26-40(37)65-7)46(61)54-20-14-24-67-44(59)41(53)48(3,4)5/h11-13,15-16,19,25-26,32,35,41,43,45,55,60,63-64H,9-10,14,17-18,20-24,27-31,53H2,1-8H3,(H,54,61). The highest BCUT2D eigenvalue weighted by molar-refractivity contribution is 5.94. The van der Waals surface area contributed by atoms with Crippen molar-refractivity contribution < 1.29 is 43.9 Å². The van der Waals surface area contributed by atoms with Crippen LogP contribution in [0.3, 0.4) is 0 Å². The molecule has 0 radical (unpaired) electrons. The van der Waals surface area contributed by atoms with Crippen LogP contribution in [-0.2, 0) is 35.7 Å². The van der Waals surface area contributed by atoms with Crippen LogP contribution in [-0.4, -0.2) is 151 Å². The molecule has 10 atom stereocenters. The second-order valence-electron chi connectivity index (χ2n) is 21.4. The molecule has 2 fully saturated rings. The van der Waals surface area contributed by atoms with Gasteiger partial charge in [-0.15, -0.1) is 0 Å². The number of esters is 2. The molecule has 67 heavy (non-hydrogen) atoms. The molecule has 5 aliphatic heterocycles. The van der Waals surface area contributed by atoms with E-state index in [4.69, 9.17) is 19.9 Å². The first-order chi connectivity index (χ1) is 31.8. The van der Waals surface area contributed by atoms with Gasteiger partial charge in [-0.1, -0.05) is 65.0 Å². The molecule has 15 nitrogen and oxygen atoms in total. The quantitative estimate of drug-likeness (QED) is 0.0912. The Hall–Kier alpha value is -4.51. The van der Waals surface area contributed by atoms with E-state index in [-0.39, 0.29) is 44.0 Å². The number of piperidine rings is 1. The zero-order valence-corrected chi connectivity index (χ0v) is 40.8. The summed E-state index contributed by atoms with van der Waals surface area (Å²) in [7, 11) is 4.84. The summed E-state index contributed by atoms with van der Waals surface area (Å²) < 4.78 is 17.8. The molecule has 366 valence electrons. The molecule has 0 aliphatic carbocycles. The third kappa shape index (κ3) is 8.34. The number of benzene rings is 2. The molecule has 3 aromatic rings. The molecule has 8 rings (SSSR count). The highest BCUT2D eigenvalue weighted by atomic mass is 16.5. The Kier molecular flexibility index (Phi) is 13.5. The third-order valence-corrected chi connectivity index (χ3v) is 16.3. The van der Waals surface area contributed by atoms with E-state index in [1.807, 2.05) is 83.0 Å². The topological polar surface area (TPSA) is 203 Å². The summed E-state index contributed by atoms with van der Waals surface area (Å²) in [5.74, 6) is -1.56. The minimum Gasteiger partial charge on any atom is -0.496 e. The number of aromatic amines is 1. The monoisotopic (exact) mass is 927 g/mol. The van der Waals surface area contributed by atoms with Crippen LogP contribution in [0.25, 0.3) is 10.9 Å². The fourth-order valence-electron chi connectivity index (χ4n) is 12.7. The number of likely N-dealkylation sites (N-methyl/N-ethyl adjacent to an activating group) is 1.